The van der Waals surface area contributed by atoms with Gasteiger partial charge in [-0.1, -0.05) is 18.2 Å². The van der Waals surface area contributed by atoms with Crippen LogP contribution in [-0.4, -0.2) is 45.3 Å². The van der Waals surface area contributed by atoms with Gasteiger partial charge in [0.25, 0.3) is 0 Å². The number of aryl methyl sites for hydroxylation is 1. The van der Waals surface area contributed by atoms with Gasteiger partial charge in [-0.15, -0.1) is 0 Å². The van der Waals surface area contributed by atoms with Gasteiger partial charge in [0.2, 0.25) is 11.9 Å². The monoisotopic (exact) mass is 394 g/mol. The van der Waals surface area contributed by atoms with Gasteiger partial charge in [-0.3, -0.25) is 4.79 Å². The predicted octanol–water partition coefficient (Wildman–Crippen LogP) is 2.56. The lowest BCUT2D eigenvalue weighted by molar-refractivity contribution is -0.125. The van der Waals surface area contributed by atoms with Gasteiger partial charge in [-0.25, -0.2) is 4.98 Å². The van der Waals surface area contributed by atoms with Crippen molar-refractivity contribution in [2.24, 2.45) is 13.0 Å². The number of phenolic OH excluding ortho intramolecular Hbond substituents is 2. The first-order chi connectivity index (χ1) is 14.0. The topological polar surface area (TPSA) is 90.6 Å². The van der Waals surface area contributed by atoms with E-state index in [1.165, 1.54) is 12.1 Å². The molecule has 1 amide bonds. The third kappa shape index (κ3) is 3.99. The number of para-hydroxylation sites is 2. The van der Waals surface area contributed by atoms with Crippen molar-refractivity contribution in [3.8, 4) is 11.5 Å². The molecule has 1 saturated heterocycles. The summed E-state index contributed by atoms with van der Waals surface area (Å²) in [4.78, 5) is 19.5. The molecule has 0 atom stereocenters. The number of phenols is 2. The lowest BCUT2D eigenvalue weighted by Crippen LogP contribution is -2.41. The highest BCUT2D eigenvalue weighted by Gasteiger charge is 2.27. The average Bonchev–Trinajstić information content (AvgIpc) is 3.07. The summed E-state index contributed by atoms with van der Waals surface area (Å²) in [6, 6.07) is 12.8. The lowest BCUT2D eigenvalue weighted by atomic mass is 9.96. The van der Waals surface area contributed by atoms with Crippen LogP contribution in [0.25, 0.3) is 11.0 Å². The molecule has 1 aliphatic heterocycles. The van der Waals surface area contributed by atoms with Crippen LogP contribution in [0.4, 0.5) is 5.95 Å². The summed E-state index contributed by atoms with van der Waals surface area (Å²) < 4.78 is 2.11. The first kappa shape index (κ1) is 19.1. The molecular formula is C22H26N4O3. The summed E-state index contributed by atoms with van der Waals surface area (Å²) in [5, 5.41) is 21.9. The van der Waals surface area contributed by atoms with Gasteiger partial charge in [-0.2, -0.15) is 0 Å². The number of nitrogens with one attached hydrogen (secondary N) is 1. The minimum atomic E-state index is -0.136. The number of aromatic nitrogens is 2. The van der Waals surface area contributed by atoms with Gasteiger partial charge in [0.15, 0.2) is 11.5 Å². The largest absolute Gasteiger partial charge is 0.504 e. The molecule has 1 aliphatic rings. The molecule has 2 aromatic carbocycles. The number of anilines is 1. The Morgan fingerprint density at radius 2 is 1.90 bits per heavy atom. The van der Waals surface area contributed by atoms with E-state index in [4.69, 9.17) is 4.98 Å². The number of carbonyl (C=O) groups is 1. The van der Waals surface area contributed by atoms with Gasteiger partial charge in [0, 0.05) is 32.6 Å². The quantitative estimate of drug-likeness (QED) is 0.579. The number of fused-ring (bicyclic) bond motifs is 1. The van der Waals surface area contributed by atoms with E-state index in [2.05, 4.69) is 20.9 Å². The maximum atomic E-state index is 12.5. The van der Waals surface area contributed by atoms with Crippen LogP contribution in [0.2, 0.25) is 0 Å². The number of nitrogens with zero attached hydrogens (tertiary/aromatic N) is 3. The van der Waals surface area contributed by atoms with Crippen molar-refractivity contribution in [3.05, 3.63) is 48.0 Å². The summed E-state index contributed by atoms with van der Waals surface area (Å²) in [5.41, 5.74) is 2.98. The van der Waals surface area contributed by atoms with E-state index in [0.29, 0.717) is 13.0 Å². The molecular weight excluding hydrogens is 368 g/mol. The highest BCUT2D eigenvalue weighted by Crippen LogP contribution is 2.26. The fourth-order valence-corrected chi connectivity index (χ4v) is 3.96. The first-order valence-corrected chi connectivity index (χ1v) is 9.98. The third-order valence-corrected chi connectivity index (χ3v) is 5.66. The Bertz CT molecular complexity index is 1020. The van der Waals surface area contributed by atoms with Crippen LogP contribution in [0, 0.1) is 5.92 Å². The van der Waals surface area contributed by atoms with Crippen LogP contribution >= 0.6 is 0 Å². The molecule has 0 spiro atoms. The van der Waals surface area contributed by atoms with E-state index in [0.717, 1.165) is 48.5 Å². The Morgan fingerprint density at radius 3 is 2.62 bits per heavy atom. The van der Waals surface area contributed by atoms with Gasteiger partial charge < -0.3 is 25.0 Å². The van der Waals surface area contributed by atoms with Crippen LogP contribution in [0.5, 0.6) is 11.5 Å². The van der Waals surface area contributed by atoms with Crippen LogP contribution in [0.15, 0.2) is 42.5 Å². The molecule has 1 aromatic heterocycles. The van der Waals surface area contributed by atoms with Crippen LogP contribution < -0.4 is 10.2 Å². The summed E-state index contributed by atoms with van der Waals surface area (Å²) in [6.07, 6.45) is 2.21. The molecule has 1 fully saturated rings. The Labute approximate surface area is 169 Å². The number of benzene rings is 2. The highest BCUT2D eigenvalue weighted by molar-refractivity contribution is 5.80. The predicted molar refractivity (Wildman–Crippen MR) is 112 cm³/mol. The zero-order chi connectivity index (χ0) is 20.4. The number of amides is 1. The van der Waals surface area contributed by atoms with Gasteiger partial charge in [0.05, 0.1) is 11.0 Å². The van der Waals surface area contributed by atoms with Crippen molar-refractivity contribution in [2.75, 3.05) is 24.5 Å². The van der Waals surface area contributed by atoms with Gasteiger partial charge >= 0.3 is 0 Å². The molecule has 152 valence electrons. The number of piperidine rings is 1. The lowest BCUT2D eigenvalue weighted by Gasteiger charge is -2.32. The number of rotatable bonds is 5. The number of aromatic hydroxyl groups is 2. The van der Waals surface area contributed by atoms with Crippen molar-refractivity contribution < 1.29 is 15.0 Å². The Balaban J connectivity index is 1.29. The van der Waals surface area contributed by atoms with E-state index in [9.17, 15) is 15.0 Å². The SMILES string of the molecule is Cn1c(N2CCC(C(=O)NCCc3ccc(O)c(O)c3)CC2)nc2ccccc21. The maximum absolute atomic E-state index is 12.5. The van der Waals surface area contributed by atoms with Crippen LogP contribution in [0.3, 0.4) is 0 Å². The molecule has 7 nitrogen and oxygen atoms in total. The number of hydrogen-bond acceptors (Lipinski definition) is 5. The van der Waals surface area contributed by atoms with Crippen molar-refractivity contribution in [1.82, 2.24) is 14.9 Å². The zero-order valence-electron chi connectivity index (χ0n) is 16.5. The second-order valence-electron chi connectivity index (χ2n) is 7.58. The second-order valence-corrected chi connectivity index (χ2v) is 7.58. The summed E-state index contributed by atoms with van der Waals surface area (Å²) >= 11 is 0. The number of carbonyl (C=O) groups excluding carboxylic acids is 1. The first-order valence-electron chi connectivity index (χ1n) is 9.98. The molecule has 0 aliphatic carbocycles. The molecule has 0 saturated carbocycles. The van der Waals surface area contributed by atoms with Crippen LogP contribution in [0.1, 0.15) is 18.4 Å². The van der Waals surface area contributed by atoms with Crippen molar-refractivity contribution in [2.45, 2.75) is 19.3 Å². The van der Waals surface area contributed by atoms with Crippen molar-refractivity contribution >= 4 is 22.9 Å². The number of hydrogen-bond donors (Lipinski definition) is 3. The fraction of sp³-hybridized carbons (Fsp3) is 0.364. The summed E-state index contributed by atoms with van der Waals surface area (Å²) in [7, 11) is 2.03. The number of imidazole rings is 1. The molecule has 0 unspecified atom stereocenters. The molecule has 2 heterocycles. The molecule has 29 heavy (non-hydrogen) atoms. The van der Waals surface area contributed by atoms with Gasteiger partial charge in [0.1, 0.15) is 0 Å². The smallest absolute Gasteiger partial charge is 0.223 e. The Hall–Kier alpha value is -3.22. The average molecular weight is 394 g/mol. The van der Waals surface area contributed by atoms with E-state index >= 15 is 0 Å². The molecule has 3 N–H and O–H groups in total. The zero-order valence-corrected chi connectivity index (χ0v) is 16.5. The second kappa shape index (κ2) is 8.03. The normalized spacial score (nSPS) is 15.0. The van der Waals surface area contributed by atoms with E-state index in [1.807, 2.05) is 25.2 Å². The Kier molecular flexibility index (Phi) is 5.29. The van der Waals surface area contributed by atoms with E-state index in [-0.39, 0.29) is 23.3 Å². The molecule has 3 aromatic rings. The maximum Gasteiger partial charge on any atom is 0.223 e. The minimum absolute atomic E-state index is 0.00848. The van der Waals surface area contributed by atoms with E-state index < -0.39 is 0 Å². The van der Waals surface area contributed by atoms with Crippen molar-refractivity contribution in [1.29, 1.82) is 0 Å². The molecule has 7 heteroatoms. The Morgan fingerprint density at radius 1 is 1.14 bits per heavy atom. The fourth-order valence-electron chi connectivity index (χ4n) is 3.96. The minimum Gasteiger partial charge on any atom is -0.504 e. The summed E-state index contributed by atoms with van der Waals surface area (Å²) in [6.45, 7) is 2.12. The third-order valence-electron chi connectivity index (χ3n) is 5.66. The molecule has 4 rings (SSSR count). The summed E-state index contributed by atoms with van der Waals surface area (Å²) in [5.74, 6) is 0.775. The van der Waals surface area contributed by atoms with Crippen LogP contribution in [-0.2, 0) is 18.3 Å². The molecule has 0 radical (unpaired) electrons. The molecule has 0 bridgehead atoms. The van der Waals surface area contributed by atoms with E-state index in [1.54, 1.807) is 6.07 Å². The standard InChI is InChI=1S/C22H26N4O3/c1-25-18-5-3-2-4-17(18)24-22(25)26-12-9-16(10-13-26)21(29)23-11-8-15-6-7-19(27)20(28)14-15/h2-7,14,16,27-28H,8-13H2,1H3,(H,23,29). The highest BCUT2D eigenvalue weighted by atomic mass is 16.3. The van der Waals surface area contributed by atoms with Crippen molar-refractivity contribution in [3.63, 3.8) is 0 Å². The van der Waals surface area contributed by atoms with Gasteiger partial charge in [-0.05, 0) is 49.1 Å².